The number of carbonyl (C=O) groups excluding carboxylic acids is 2. The van der Waals surface area contributed by atoms with Crippen LogP contribution in [0.1, 0.15) is 11.1 Å². The highest BCUT2D eigenvalue weighted by atomic mass is 35.5. The number of fused-ring (bicyclic) bond motifs is 1. The van der Waals surface area contributed by atoms with Crippen LogP contribution >= 0.6 is 23.2 Å². The zero-order valence-electron chi connectivity index (χ0n) is 23.3. The molecule has 0 radical (unpaired) electrons. The van der Waals surface area contributed by atoms with E-state index in [4.69, 9.17) is 27.9 Å². The third-order valence-electron chi connectivity index (χ3n) is 7.08. The second-order valence-corrected chi connectivity index (χ2v) is 12.8. The molecule has 1 heterocycles. The maximum Gasteiger partial charge on any atom is 0.262 e. The van der Waals surface area contributed by atoms with Gasteiger partial charge < -0.3 is 15.0 Å². The Morgan fingerprint density at radius 1 is 0.932 bits per heavy atom. The van der Waals surface area contributed by atoms with Gasteiger partial charge in [0.05, 0.1) is 23.7 Å². The van der Waals surface area contributed by atoms with Gasteiger partial charge in [0.25, 0.3) is 5.91 Å². The third kappa shape index (κ3) is 7.22. The van der Waals surface area contributed by atoms with Crippen molar-refractivity contribution in [3.63, 3.8) is 0 Å². The highest BCUT2D eigenvalue weighted by Crippen LogP contribution is 2.34. The number of sulfonamides is 1. The highest BCUT2D eigenvalue weighted by molar-refractivity contribution is 7.89. The van der Waals surface area contributed by atoms with E-state index >= 15 is 0 Å². The molecule has 0 bridgehead atoms. The molecular formula is C32H28Cl2FN3O5S. The van der Waals surface area contributed by atoms with Gasteiger partial charge in [-0.3, -0.25) is 9.59 Å². The molecule has 0 saturated carbocycles. The molecule has 0 aromatic heterocycles. The van der Waals surface area contributed by atoms with E-state index in [9.17, 15) is 22.4 Å². The van der Waals surface area contributed by atoms with Crippen LogP contribution in [0.4, 0.5) is 10.1 Å². The number of ether oxygens (including phenoxy) is 1. The van der Waals surface area contributed by atoms with E-state index in [1.54, 1.807) is 24.3 Å². The lowest BCUT2D eigenvalue weighted by atomic mass is 10.1. The van der Waals surface area contributed by atoms with Crippen LogP contribution < -0.4 is 15.0 Å². The van der Waals surface area contributed by atoms with Crippen molar-refractivity contribution in [1.82, 2.24) is 9.62 Å². The first-order valence-corrected chi connectivity index (χ1v) is 15.9. The number of halogens is 3. The molecule has 0 fully saturated rings. The van der Waals surface area contributed by atoms with Crippen LogP contribution in [0.25, 0.3) is 0 Å². The number of rotatable bonds is 10. The highest BCUT2D eigenvalue weighted by Gasteiger charge is 2.36. The van der Waals surface area contributed by atoms with Gasteiger partial charge >= 0.3 is 0 Å². The van der Waals surface area contributed by atoms with Gasteiger partial charge in [-0.2, -0.15) is 4.31 Å². The number of amides is 2. The SMILES string of the molecule is O=C(NCCc1ccccc1)[C@H]1CN(C(=O)CN(Cc2c(F)cccc2Cl)S(=O)(=O)c2ccc(Cl)cc2)c2ccccc2O1. The summed E-state index contributed by atoms with van der Waals surface area (Å²) in [4.78, 5) is 28.2. The van der Waals surface area contributed by atoms with Gasteiger partial charge in [0.1, 0.15) is 11.6 Å². The zero-order chi connectivity index (χ0) is 31.3. The topological polar surface area (TPSA) is 96.0 Å². The Labute approximate surface area is 265 Å². The molecule has 4 aromatic rings. The van der Waals surface area contributed by atoms with Crippen LogP contribution in [-0.4, -0.2) is 50.3 Å². The van der Waals surface area contributed by atoms with Crippen LogP contribution in [0.3, 0.4) is 0 Å². The predicted octanol–water partition coefficient (Wildman–Crippen LogP) is 5.48. The molecule has 4 aromatic carbocycles. The number of carbonyl (C=O) groups is 2. The average Bonchev–Trinajstić information content (AvgIpc) is 3.02. The van der Waals surface area contributed by atoms with E-state index in [2.05, 4.69) is 5.32 Å². The van der Waals surface area contributed by atoms with E-state index < -0.39 is 46.8 Å². The Bertz CT molecular complexity index is 1740. The second-order valence-electron chi connectivity index (χ2n) is 10.0. The van der Waals surface area contributed by atoms with Crippen molar-refractivity contribution in [3.8, 4) is 5.75 Å². The smallest absolute Gasteiger partial charge is 0.262 e. The van der Waals surface area contributed by atoms with Crippen molar-refractivity contribution in [2.45, 2.75) is 24.0 Å². The molecule has 0 spiro atoms. The molecule has 1 N–H and O–H groups in total. The number of nitrogens with one attached hydrogen (secondary N) is 1. The summed E-state index contributed by atoms with van der Waals surface area (Å²) in [5, 5.41) is 3.18. The second kappa shape index (κ2) is 13.8. The third-order valence-corrected chi connectivity index (χ3v) is 9.49. The van der Waals surface area contributed by atoms with Crippen LogP contribution in [0.2, 0.25) is 10.0 Å². The molecule has 5 rings (SSSR count). The Hall–Kier alpha value is -3.96. The number of para-hydroxylation sites is 2. The van der Waals surface area contributed by atoms with Gasteiger partial charge in [-0.15, -0.1) is 0 Å². The lowest BCUT2D eigenvalue weighted by Crippen LogP contribution is -2.53. The van der Waals surface area contributed by atoms with E-state index in [0.29, 0.717) is 29.4 Å². The first-order chi connectivity index (χ1) is 21.1. The first kappa shape index (κ1) is 31.5. The molecule has 1 atom stereocenters. The molecule has 8 nitrogen and oxygen atoms in total. The normalized spacial score (nSPS) is 14.5. The van der Waals surface area contributed by atoms with Crippen LogP contribution in [-0.2, 0) is 32.6 Å². The van der Waals surface area contributed by atoms with Gasteiger partial charge in [-0.25, -0.2) is 12.8 Å². The Morgan fingerprint density at radius 2 is 1.64 bits per heavy atom. The molecule has 1 aliphatic heterocycles. The number of hydrogen-bond acceptors (Lipinski definition) is 5. The van der Waals surface area contributed by atoms with Crippen LogP contribution in [0.5, 0.6) is 5.75 Å². The molecule has 1 aliphatic rings. The van der Waals surface area contributed by atoms with Gasteiger partial charge in [-0.1, -0.05) is 71.7 Å². The lowest BCUT2D eigenvalue weighted by Gasteiger charge is -2.35. The average molecular weight is 657 g/mol. The zero-order valence-corrected chi connectivity index (χ0v) is 25.7. The fourth-order valence-electron chi connectivity index (χ4n) is 4.77. The molecule has 12 heteroatoms. The Balaban J connectivity index is 1.40. The number of benzene rings is 4. The van der Waals surface area contributed by atoms with Crippen molar-refractivity contribution in [2.24, 2.45) is 0 Å². The molecule has 2 amide bonds. The van der Waals surface area contributed by atoms with E-state index in [1.165, 1.54) is 41.3 Å². The molecule has 0 unspecified atom stereocenters. The summed E-state index contributed by atoms with van der Waals surface area (Å²) in [5.41, 5.74) is 1.34. The van der Waals surface area contributed by atoms with E-state index in [0.717, 1.165) is 15.9 Å². The van der Waals surface area contributed by atoms with Gasteiger partial charge in [0.2, 0.25) is 15.9 Å². The summed E-state index contributed by atoms with van der Waals surface area (Å²) < 4.78 is 49.2. The van der Waals surface area contributed by atoms with Crippen molar-refractivity contribution in [2.75, 3.05) is 24.5 Å². The molecule has 44 heavy (non-hydrogen) atoms. The minimum Gasteiger partial charge on any atom is -0.477 e. The molecule has 228 valence electrons. The monoisotopic (exact) mass is 655 g/mol. The standard InChI is InChI=1S/C32H28Cl2FN3O5S/c33-23-13-15-24(16-14-23)44(41,42)37(19-25-26(34)9-6-10-27(25)35)21-31(39)38-20-30(43-29-12-5-4-11-28(29)38)32(40)36-18-17-22-7-2-1-3-8-22/h1-16,30H,17-21H2,(H,36,40)/t30-/m1/s1. The van der Waals surface area contributed by atoms with Crippen LogP contribution in [0, 0.1) is 5.82 Å². The van der Waals surface area contributed by atoms with Gasteiger partial charge in [-0.05, 0) is 60.5 Å². The summed E-state index contributed by atoms with van der Waals surface area (Å²) in [7, 11) is -4.34. The fraction of sp³-hybridized carbons (Fsp3) is 0.188. The van der Waals surface area contributed by atoms with Crippen molar-refractivity contribution in [3.05, 3.63) is 124 Å². The number of hydrogen-bond donors (Lipinski definition) is 1. The van der Waals surface area contributed by atoms with Gasteiger partial charge in [0.15, 0.2) is 6.10 Å². The number of anilines is 1. The molecule has 0 aliphatic carbocycles. The Morgan fingerprint density at radius 3 is 2.36 bits per heavy atom. The number of nitrogens with zero attached hydrogens (tertiary/aromatic N) is 2. The Kier molecular flexibility index (Phi) is 9.85. The molecular weight excluding hydrogens is 628 g/mol. The fourth-order valence-corrected chi connectivity index (χ4v) is 6.48. The molecule has 0 saturated heterocycles. The lowest BCUT2D eigenvalue weighted by molar-refractivity contribution is -0.128. The minimum absolute atomic E-state index is 0.0118. The van der Waals surface area contributed by atoms with Gasteiger partial charge in [0, 0.05) is 28.7 Å². The maximum atomic E-state index is 14.8. The largest absolute Gasteiger partial charge is 0.477 e. The summed E-state index contributed by atoms with van der Waals surface area (Å²) in [5.74, 6) is -1.49. The van der Waals surface area contributed by atoms with Crippen molar-refractivity contribution in [1.29, 1.82) is 0 Å². The summed E-state index contributed by atoms with van der Waals surface area (Å²) in [6, 6.07) is 25.7. The van der Waals surface area contributed by atoms with Crippen molar-refractivity contribution >= 4 is 50.7 Å². The first-order valence-electron chi connectivity index (χ1n) is 13.7. The summed E-state index contributed by atoms with van der Waals surface area (Å²) in [6.45, 7) is -0.999. The summed E-state index contributed by atoms with van der Waals surface area (Å²) >= 11 is 12.2. The summed E-state index contributed by atoms with van der Waals surface area (Å²) in [6.07, 6.45) is -0.443. The van der Waals surface area contributed by atoms with Crippen LogP contribution in [0.15, 0.2) is 102 Å². The van der Waals surface area contributed by atoms with E-state index in [-0.39, 0.29) is 22.0 Å². The quantitative estimate of drug-likeness (QED) is 0.244. The van der Waals surface area contributed by atoms with Crippen molar-refractivity contribution < 1.29 is 27.1 Å². The predicted molar refractivity (Wildman–Crippen MR) is 167 cm³/mol. The van der Waals surface area contributed by atoms with E-state index in [1.807, 2.05) is 30.3 Å². The maximum absolute atomic E-state index is 14.8. The minimum atomic E-state index is -4.34.